The lowest BCUT2D eigenvalue weighted by atomic mass is 10.0. The summed E-state index contributed by atoms with van der Waals surface area (Å²) in [7, 11) is -0.0716. The number of carbonyl (C=O) groups excluding carboxylic acids is 1. The van der Waals surface area contributed by atoms with E-state index in [0.717, 1.165) is 13.0 Å². The smallest absolute Gasteiger partial charge is 0.254 e. The second-order valence-electron chi connectivity index (χ2n) is 6.85. The summed E-state index contributed by atoms with van der Waals surface area (Å²) in [6.45, 7) is 4.15. The van der Waals surface area contributed by atoms with Gasteiger partial charge in [0.2, 0.25) is 0 Å². The number of methoxy groups -OCH3 is 2. The highest BCUT2D eigenvalue weighted by atomic mass is 32.2. The second-order valence-corrected chi connectivity index (χ2v) is 9.00. The molecule has 1 aromatic rings. The highest BCUT2D eigenvalue weighted by Crippen LogP contribution is 2.30. The van der Waals surface area contributed by atoms with E-state index in [4.69, 9.17) is 9.47 Å². The summed E-state index contributed by atoms with van der Waals surface area (Å²) in [5.41, 5.74) is 0.452. The Bertz CT molecular complexity index is 758. The summed E-state index contributed by atoms with van der Waals surface area (Å²) in [4.78, 5) is 17.1. The number of piperazine rings is 1. The first-order valence-corrected chi connectivity index (χ1v) is 10.7. The maximum absolute atomic E-state index is 13.2. The second kappa shape index (κ2) is 7.44. The zero-order chi connectivity index (χ0) is 18.9. The fourth-order valence-corrected chi connectivity index (χ4v) is 5.95. The summed E-state index contributed by atoms with van der Waals surface area (Å²) in [5.74, 6) is 1.06. The lowest BCUT2D eigenvalue weighted by molar-refractivity contribution is 0.0332. The zero-order valence-electron chi connectivity index (χ0n) is 15.5. The minimum absolute atomic E-state index is 0.0325. The number of hydrogen-bond donors (Lipinski definition) is 0. The van der Waals surface area contributed by atoms with Gasteiger partial charge in [0.05, 0.1) is 31.8 Å². The van der Waals surface area contributed by atoms with Crippen molar-refractivity contribution in [3.63, 3.8) is 0 Å². The molecule has 2 heterocycles. The molecule has 144 valence electrons. The van der Waals surface area contributed by atoms with E-state index in [1.807, 2.05) is 0 Å². The van der Waals surface area contributed by atoms with Gasteiger partial charge in [0.25, 0.3) is 5.91 Å². The van der Waals surface area contributed by atoms with Gasteiger partial charge in [0.15, 0.2) is 9.84 Å². The third-order valence-electron chi connectivity index (χ3n) is 5.16. The number of benzene rings is 1. The van der Waals surface area contributed by atoms with Gasteiger partial charge in [0.1, 0.15) is 11.5 Å². The summed E-state index contributed by atoms with van der Waals surface area (Å²) >= 11 is 0. The lowest BCUT2D eigenvalue weighted by Crippen LogP contribution is -2.60. The number of amides is 1. The van der Waals surface area contributed by atoms with Crippen molar-refractivity contribution < 1.29 is 22.7 Å². The van der Waals surface area contributed by atoms with Crippen LogP contribution in [0.25, 0.3) is 0 Å². The van der Waals surface area contributed by atoms with Crippen LogP contribution in [0, 0.1) is 0 Å². The van der Waals surface area contributed by atoms with Crippen LogP contribution in [-0.2, 0) is 9.84 Å². The molecular weight excluding hydrogens is 356 g/mol. The number of ether oxygens (including phenoxy) is 2. The van der Waals surface area contributed by atoms with Crippen LogP contribution in [0.15, 0.2) is 18.2 Å². The molecule has 0 saturated carbocycles. The van der Waals surface area contributed by atoms with E-state index in [9.17, 15) is 13.2 Å². The molecule has 0 N–H and O–H groups in total. The van der Waals surface area contributed by atoms with Crippen molar-refractivity contribution in [3.05, 3.63) is 23.8 Å². The maximum Gasteiger partial charge on any atom is 0.254 e. The minimum Gasteiger partial charge on any atom is -0.497 e. The topological polar surface area (TPSA) is 76.2 Å². The highest BCUT2D eigenvalue weighted by Gasteiger charge is 2.47. The van der Waals surface area contributed by atoms with Gasteiger partial charge in [0, 0.05) is 30.8 Å². The van der Waals surface area contributed by atoms with Crippen LogP contribution in [-0.4, -0.2) is 81.6 Å². The van der Waals surface area contributed by atoms with Crippen LogP contribution >= 0.6 is 0 Å². The number of rotatable bonds is 5. The Morgan fingerprint density at radius 1 is 1.08 bits per heavy atom. The van der Waals surface area contributed by atoms with Crippen LogP contribution in [0.2, 0.25) is 0 Å². The third kappa shape index (κ3) is 3.66. The van der Waals surface area contributed by atoms with E-state index in [1.165, 1.54) is 14.2 Å². The molecule has 0 aromatic heterocycles. The van der Waals surface area contributed by atoms with Gasteiger partial charge in [-0.15, -0.1) is 0 Å². The Labute approximate surface area is 154 Å². The quantitative estimate of drug-likeness (QED) is 0.757. The van der Waals surface area contributed by atoms with Crippen LogP contribution < -0.4 is 9.47 Å². The van der Waals surface area contributed by atoms with E-state index in [2.05, 4.69) is 11.8 Å². The van der Waals surface area contributed by atoms with E-state index in [-0.39, 0.29) is 29.5 Å². The number of sulfone groups is 1. The molecule has 0 aliphatic carbocycles. The molecular formula is C18H26N2O5S. The van der Waals surface area contributed by atoms with Crippen LogP contribution in [0.5, 0.6) is 11.5 Å². The Morgan fingerprint density at radius 3 is 2.27 bits per heavy atom. The largest absolute Gasteiger partial charge is 0.497 e. The molecule has 2 fully saturated rings. The molecule has 0 spiro atoms. The van der Waals surface area contributed by atoms with Crippen molar-refractivity contribution in [2.45, 2.75) is 25.4 Å². The Kier molecular flexibility index (Phi) is 5.43. The summed E-state index contributed by atoms with van der Waals surface area (Å²) in [6.07, 6.45) is 0.963. The van der Waals surface area contributed by atoms with Gasteiger partial charge in [-0.1, -0.05) is 6.92 Å². The monoisotopic (exact) mass is 382 g/mol. The van der Waals surface area contributed by atoms with E-state index in [0.29, 0.717) is 30.2 Å². The van der Waals surface area contributed by atoms with Gasteiger partial charge >= 0.3 is 0 Å². The van der Waals surface area contributed by atoms with Crippen molar-refractivity contribution in [2.75, 3.05) is 45.4 Å². The van der Waals surface area contributed by atoms with Gasteiger partial charge < -0.3 is 14.4 Å². The standard InChI is InChI=1S/C18H26N2O5S/c1-4-5-19-6-7-20(17-12-26(22,23)11-16(17)19)18(21)13-8-14(24-2)10-15(9-13)25-3/h8-10,16-17H,4-7,11-12H2,1-3H3/t16-,17+/m0/s1. The van der Waals surface area contributed by atoms with Crippen LogP contribution in [0.1, 0.15) is 23.7 Å². The lowest BCUT2D eigenvalue weighted by Gasteiger charge is -2.44. The predicted molar refractivity (Wildman–Crippen MR) is 98.7 cm³/mol. The molecule has 0 unspecified atom stereocenters. The molecule has 2 atom stereocenters. The summed E-state index contributed by atoms with van der Waals surface area (Å²) < 4.78 is 35.0. The molecule has 1 aromatic carbocycles. The number of fused-ring (bicyclic) bond motifs is 1. The first-order chi connectivity index (χ1) is 12.4. The maximum atomic E-state index is 13.2. The average molecular weight is 382 g/mol. The minimum atomic E-state index is -3.14. The molecule has 8 heteroatoms. The Morgan fingerprint density at radius 2 is 1.69 bits per heavy atom. The molecule has 2 saturated heterocycles. The van der Waals surface area contributed by atoms with E-state index >= 15 is 0 Å². The first-order valence-electron chi connectivity index (χ1n) is 8.87. The summed E-state index contributed by atoms with van der Waals surface area (Å²) in [6, 6.07) is 4.62. The predicted octanol–water partition coefficient (Wildman–Crippen LogP) is 1.04. The molecule has 3 rings (SSSR count). The van der Waals surface area contributed by atoms with Crippen molar-refractivity contribution in [3.8, 4) is 11.5 Å². The molecule has 0 bridgehead atoms. The molecule has 2 aliphatic heterocycles. The van der Waals surface area contributed by atoms with E-state index < -0.39 is 9.84 Å². The molecule has 2 aliphatic rings. The van der Waals surface area contributed by atoms with Crippen molar-refractivity contribution in [1.29, 1.82) is 0 Å². The van der Waals surface area contributed by atoms with Crippen LogP contribution in [0.4, 0.5) is 0 Å². The fraction of sp³-hybridized carbons (Fsp3) is 0.611. The van der Waals surface area contributed by atoms with Crippen molar-refractivity contribution >= 4 is 15.7 Å². The molecule has 26 heavy (non-hydrogen) atoms. The number of hydrogen-bond acceptors (Lipinski definition) is 6. The summed E-state index contributed by atoms with van der Waals surface area (Å²) in [5, 5.41) is 0. The molecule has 0 radical (unpaired) electrons. The Balaban J connectivity index is 1.90. The number of nitrogens with zero attached hydrogens (tertiary/aromatic N) is 2. The van der Waals surface area contributed by atoms with Gasteiger partial charge in [-0.05, 0) is 25.1 Å². The van der Waals surface area contributed by atoms with Gasteiger partial charge in [-0.2, -0.15) is 0 Å². The van der Waals surface area contributed by atoms with Crippen molar-refractivity contribution in [2.24, 2.45) is 0 Å². The average Bonchev–Trinajstić information content (AvgIpc) is 2.96. The zero-order valence-corrected chi connectivity index (χ0v) is 16.3. The van der Waals surface area contributed by atoms with E-state index in [1.54, 1.807) is 23.1 Å². The van der Waals surface area contributed by atoms with Gasteiger partial charge in [-0.3, -0.25) is 9.69 Å². The Hall–Kier alpha value is -1.80. The third-order valence-corrected chi connectivity index (χ3v) is 6.86. The molecule has 1 amide bonds. The molecule has 7 nitrogen and oxygen atoms in total. The fourth-order valence-electron chi connectivity index (χ4n) is 3.94. The highest BCUT2D eigenvalue weighted by molar-refractivity contribution is 7.91. The SMILES string of the molecule is CCCN1CCN(C(=O)c2cc(OC)cc(OC)c2)[C@@H]2CS(=O)(=O)C[C@@H]21. The first kappa shape index (κ1) is 19.0. The van der Waals surface area contributed by atoms with Crippen LogP contribution in [0.3, 0.4) is 0 Å². The van der Waals surface area contributed by atoms with Gasteiger partial charge in [-0.25, -0.2) is 8.42 Å². The number of carbonyl (C=O) groups is 1. The van der Waals surface area contributed by atoms with Crippen molar-refractivity contribution in [1.82, 2.24) is 9.80 Å². The normalized spacial score (nSPS) is 25.0.